The third kappa shape index (κ3) is 3.14. The molecular formula is C19H12ClN3O3. The van der Waals surface area contributed by atoms with E-state index in [4.69, 9.17) is 16.3 Å². The quantitative estimate of drug-likeness (QED) is 0.563. The summed E-state index contributed by atoms with van der Waals surface area (Å²) in [4.78, 5) is 28.4. The van der Waals surface area contributed by atoms with Gasteiger partial charge in [0.1, 0.15) is 5.75 Å². The van der Waals surface area contributed by atoms with E-state index in [1.807, 2.05) is 0 Å². The predicted molar refractivity (Wildman–Crippen MR) is 98.5 cm³/mol. The van der Waals surface area contributed by atoms with Crippen LogP contribution in [0.4, 0.5) is 0 Å². The van der Waals surface area contributed by atoms with E-state index in [0.717, 1.165) is 10.9 Å². The predicted octanol–water partition coefficient (Wildman–Crippen LogP) is 3.27. The third-order valence-corrected chi connectivity index (χ3v) is 4.17. The molecule has 4 rings (SSSR count). The van der Waals surface area contributed by atoms with E-state index in [-0.39, 0.29) is 12.0 Å². The van der Waals surface area contributed by atoms with Gasteiger partial charge in [0.05, 0.1) is 29.2 Å². The summed E-state index contributed by atoms with van der Waals surface area (Å²) in [6.07, 6.45) is 1.40. The highest BCUT2D eigenvalue weighted by molar-refractivity contribution is 6.31. The van der Waals surface area contributed by atoms with Gasteiger partial charge in [-0.1, -0.05) is 29.8 Å². The highest BCUT2D eigenvalue weighted by Gasteiger charge is 2.13. The van der Waals surface area contributed by atoms with Crippen molar-refractivity contribution >= 4 is 39.2 Å². The topological polar surface area (TPSA) is 84.9 Å². The summed E-state index contributed by atoms with van der Waals surface area (Å²) in [5.74, 6) is -0.184. The van der Waals surface area contributed by atoms with E-state index in [0.29, 0.717) is 27.2 Å². The molecule has 2 heterocycles. The highest BCUT2D eigenvalue weighted by Crippen LogP contribution is 2.22. The maximum absolute atomic E-state index is 12.3. The van der Waals surface area contributed by atoms with E-state index in [9.17, 15) is 9.59 Å². The molecule has 0 saturated carbocycles. The molecule has 26 heavy (non-hydrogen) atoms. The molecule has 0 fully saturated rings. The average molecular weight is 366 g/mol. The molecule has 0 saturated heterocycles. The highest BCUT2D eigenvalue weighted by atomic mass is 35.5. The molecule has 6 nitrogen and oxygen atoms in total. The number of ether oxygens (including phenoxy) is 1. The minimum absolute atomic E-state index is 0.0785. The van der Waals surface area contributed by atoms with Crippen molar-refractivity contribution in [2.24, 2.45) is 0 Å². The molecule has 0 aliphatic heterocycles. The number of aromatic amines is 1. The Hall–Kier alpha value is -3.25. The fourth-order valence-corrected chi connectivity index (χ4v) is 2.93. The first kappa shape index (κ1) is 16.2. The summed E-state index contributed by atoms with van der Waals surface area (Å²) in [5.41, 5.74) is 0.901. The number of fused-ring (bicyclic) bond motifs is 2. The van der Waals surface area contributed by atoms with Crippen molar-refractivity contribution in [2.45, 2.75) is 6.42 Å². The SMILES string of the molecule is O=C(Cc1n[nH]c(=O)c2ccccc12)Oc1cnc2ccc(Cl)cc2c1. The number of carbonyl (C=O) groups excluding carboxylic acids is 1. The second kappa shape index (κ2) is 6.57. The van der Waals surface area contributed by atoms with E-state index in [2.05, 4.69) is 15.2 Å². The lowest BCUT2D eigenvalue weighted by Gasteiger charge is -2.07. The molecule has 0 atom stereocenters. The summed E-state index contributed by atoms with van der Waals surface area (Å²) >= 11 is 5.98. The van der Waals surface area contributed by atoms with Crippen LogP contribution in [0.15, 0.2) is 59.5 Å². The van der Waals surface area contributed by atoms with Crippen LogP contribution in [-0.2, 0) is 11.2 Å². The van der Waals surface area contributed by atoms with Gasteiger partial charge in [0, 0.05) is 15.8 Å². The maximum Gasteiger partial charge on any atom is 0.317 e. The summed E-state index contributed by atoms with van der Waals surface area (Å²) in [5, 5.41) is 8.83. The maximum atomic E-state index is 12.3. The molecule has 4 aromatic rings. The zero-order valence-electron chi connectivity index (χ0n) is 13.4. The fraction of sp³-hybridized carbons (Fsp3) is 0.0526. The normalized spacial score (nSPS) is 11.0. The number of hydrogen-bond donors (Lipinski definition) is 1. The Morgan fingerprint density at radius 1 is 1.12 bits per heavy atom. The standard InChI is InChI=1S/C19H12ClN3O3/c20-12-5-6-16-11(7-12)8-13(10-21-16)26-18(24)9-17-14-3-1-2-4-15(14)19(25)23-22-17/h1-8,10H,9H2,(H,23,25). The van der Waals surface area contributed by atoms with Crippen LogP contribution in [0.3, 0.4) is 0 Å². The van der Waals surface area contributed by atoms with Crippen LogP contribution in [0.5, 0.6) is 5.75 Å². The van der Waals surface area contributed by atoms with Crippen molar-refractivity contribution in [1.82, 2.24) is 15.2 Å². The third-order valence-electron chi connectivity index (χ3n) is 3.94. The Balaban J connectivity index is 1.60. The Morgan fingerprint density at radius 3 is 2.77 bits per heavy atom. The summed E-state index contributed by atoms with van der Waals surface area (Å²) < 4.78 is 5.37. The number of carbonyl (C=O) groups is 1. The van der Waals surface area contributed by atoms with Crippen molar-refractivity contribution < 1.29 is 9.53 Å². The van der Waals surface area contributed by atoms with Crippen LogP contribution in [0.2, 0.25) is 5.02 Å². The van der Waals surface area contributed by atoms with E-state index < -0.39 is 5.97 Å². The number of esters is 1. The first-order valence-electron chi connectivity index (χ1n) is 7.82. The Morgan fingerprint density at radius 2 is 1.92 bits per heavy atom. The second-order valence-corrected chi connectivity index (χ2v) is 6.14. The molecule has 0 spiro atoms. The van der Waals surface area contributed by atoms with Crippen molar-refractivity contribution in [2.75, 3.05) is 0 Å². The van der Waals surface area contributed by atoms with Gasteiger partial charge in [-0.15, -0.1) is 0 Å². The lowest BCUT2D eigenvalue weighted by molar-refractivity contribution is -0.133. The molecule has 1 N–H and O–H groups in total. The number of benzene rings is 2. The van der Waals surface area contributed by atoms with Gasteiger partial charge in [0.25, 0.3) is 5.56 Å². The Bertz CT molecular complexity index is 1200. The number of H-pyrrole nitrogens is 1. The zero-order chi connectivity index (χ0) is 18.1. The number of aromatic nitrogens is 3. The van der Waals surface area contributed by atoms with Gasteiger partial charge in [-0.2, -0.15) is 5.10 Å². The lowest BCUT2D eigenvalue weighted by atomic mass is 10.1. The fourth-order valence-electron chi connectivity index (χ4n) is 2.75. The van der Waals surface area contributed by atoms with Gasteiger partial charge in [0.2, 0.25) is 0 Å². The van der Waals surface area contributed by atoms with Gasteiger partial charge in [-0.3, -0.25) is 14.6 Å². The van der Waals surface area contributed by atoms with Gasteiger partial charge >= 0.3 is 5.97 Å². The largest absolute Gasteiger partial charge is 0.425 e. The molecule has 2 aromatic heterocycles. The molecule has 0 aliphatic carbocycles. The van der Waals surface area contributed by atoms with Crippen LogP contribution >= 0.6 is 11.6 Å². The first-order chi connectivity index (χ1) is 12.6. The summed E-state index contributed by atoms with van der Waals surface area (Å²) in [6.45, 7) is 0. The van der Waals surface area contributed by atoms with Gasteiger partial charge in [0.15, 0.2) is 0 Å². The molecule has 0 bridgehead atoms. The molecule has 0 unspecified atom stereocenters. The zero-order valence-corrected chi connectivity index (χ0v) is 14.2. The number of nitrogens with one attached hydrogen (secondary N) is 1. The first-order valence-corrected chi connectivity index (χ1v) is 8.20. The van der Waals surface area contributed by atoms with E-state index in [1.54, 1.807) is 48.5 Å². The number of hydrogen-bond acceptors (Lipinski definition) is 5. The van der Waals surface area contributed by atoms with Crippen LogP contribution in [-0.4, -0.2) is 21.2 Å². The molecule has 128 valence electrons. The number of halogens is 1. The number of rotatable bonds is 3. The van der Waals surface area contributed by atoms with Gasteiger partial charge in [-0.25, -0.2) is 5.10 Å². The molecule has 7 heteroatoms. The number of pyridine rings is 1. The Labute approximate surface area is 152 Å². The van der Waals surface area contributed by atoms with E-state index in [1.165, 1.54) is 6.20 Å². The average Bonchev–Trinajstić information content (AvgIpc) is 2.64. The Kier molecular flexibility index (Phi) is 4.10. The summed E-state index contributed by atoms with van der Waals surface area (Å²) in [6, 6.07) is 14.0. The van der Waals surface area contributed by atoms with Gasteiger partial charge < -0.3 is 4.74 Å². The second-order valence-electron chi connectivity index (χ2n) is 5.70. The minimum atomic E-state index is -0.502. The van der Waals surface area contributed by atoms with Crippen molar-refractivity contribution in [3.8, 4) is 5.75 Å². The summed E-state index contributed by atoms with van der Waals surface area (Å²) in [7, 11) is 0. The molecule has 0 radical (unpaired) electrons. The molecular weight excluding hydrogens is 354 g/mol. The van der Waals surface area contributed by atoms with Crippen molar-refractivity contribution in [1.29, 1.82) is 0 Å². The van der Waals surface area contributed by atoms with Crippen LogP contribution in [0.25, 0.3) is 21.7 Å². The van der Waals surface area contributed by atoms with Crippen LogP contribution < -0.4 is 10.3 Å². The molecule has 2 aromatic carbocycles. The van der Waals surface area contributed by atoms with Crippen LogP contribution in [0.1, 0.15) is 5.69 Å². The lowest BCUT2D eigenvalue weighted by Crippen LogP contribution is -2.16. The smallest absolute Gasteiger partial charge is 0.317 e. The van der Waals surface area contributed by atoms with Gasteiger partial charge in [-0.05, 0) is 30.3 Å². The number of nitrogens with zero attached hydrogens (tertiary/aromatic N) is 2. The molecule has 0 aliphatic rings. The minimum Gasteiger partial charge on any atom is -0.425 e. The van der Waals surface area contributed by atoms with E-state index >= 15 is 0 Å². The monoisotopic (exact) mass is 365 g/mol. The van der Waals surface area contributed by atoms with Crippen molar-refractivity contribution in [3.05, 3.63) is 75.8 Å². The van der Waals surface area contributed by atoms with Crippen molar-refractivity contribution in [3.63, 3.8) is 0 Å². The molecule has 0 amide bonds. The van der Waals surface area contributed by atoms with Crippen LogP contribution in [0, 0.1) is 0 Å².